The standard InChI is InChI=1S/C25H24BrF3N2O5/c1-3-35-22(33)24(23(34)36-4-2)19-18-14-17(26)11-10-15(18)12-13-30(19)31(21(24)25(27,28)29)20(32)16-8-6-5-7-9-16/h5-11,14,19,21H,3-4,12-13H2,1-2H3/t19-,21-/m0/s1. The predicted octanol–water partition coefficient (Wildman–Crippen LogP) is 4.46. The van der Waals surface area contributed by atoms with Crippen molar-refractivity contribution >= 4 is 33.8 Å². The van der Waals surface area contributed by atoms with Crippen molar-refractivity contribution in [1.82, 2.24) is 10.0 Å². The highest BCUT2D eigenvalue weighted by atomic mass is 79.9. The molecule has 11 heteroatoms. The van der Waals surface area contributed by atoms with Gasteiger partial charge >= 0.3 is 18.1 Å². The summed E-state index contributed by atoms with van der Waals surface area (Å²) in [6.45, 7) is 2.30. The number of esters is 2. The third-order valence-corrected chi connectivity index (χ3v) is 6.95. The number of amides is 1. The Bertz CT molecular complexity index is 1160. The minimum atomic E-state index is -5.19. The molecule has 2 aliphatic heterocycles. The van der Waals surface area contributed by atoms with Gasteiger partial charge in [0.15, 0.2) is 6.04 Å². The molecule has 0 unspecified atom stereocenters. The summed E-state index contributed by atoms with van der Waals surface area (Å²) in [6, 6.07) is 8.12. The van der Waals surface area contributed by atoms with Crippen LogP contribution in [0.25, 0.3) is 0 Å². The number of ether oxygens (including phenoxy) is 2. The molecule has 0 aromatic heterocycles. The Labute approximate surface area is 214 Å². The first-order valence-corrected chi connectivity index (χ1v) is 12.2. The van der Waals surface area contributed by atoms with Crippen LogP contribution < -0.4 is 0 Å². The number of carbonyl (C=O) groups is 3. The lowest BCUT2D eigenvalue weighted by Crippen LogP contribution is -2.60. The molecule has 0 N–H and O–H groups in total. The largest absolute Gasteiger partial charge is 0.465 e. The molecule has 0 radical (unpaired) electrons. The smallest absolute Gasteiger partial charge is 0.412 e. The van der Waals surface area contributed by atoms with E-state index in [0.29, 0.717) is 27.0 Å². The number of hydrogen-bond acceptors (Lipinski definition) is 6. The SMILES string of the molecule is CCOC(=O)C1(C(=O)OCC)[C@@H]2c3cc(Br)ccc3CCN2N(C(=O)c2ccccc2)[C@@H]1C(F)(F)F. The summed E-state index contributed by atoms with van der Waals surface area (Å²) in [7, 11) is 0. The van der Waals surface area contributed by atoms with Gasteiger partial charge in [-0.2, -0.15) is 13.2 Å². The number of carbonyl (C=O) groups excluding carboxylic acids is 3. The molecule has 36 heavy (non-hydrogen) atoms. The quantitative estimate of drug-likeness (QED) is 0.391. The van der Waals surface area contributed by atoms with Crippen molar-refractivity contribution in [2.24, 2.45) is 5.41 Å². The molecule has 0 bridgehead atoms. The summed E-state index contributed by atoms with van der Waals surface area (Å²) < 4.78 is 55.9. The number of hydrazine groups is 1. The van der Waals surface area contributed by atoms with Crippen LogP contribution in [0.3, 0.4) is 0 Å². The van der Waals surface area contributed by atoms with Gasteiger partial charge in [-0.25, -0.2) is 5.01 Å². The highest BCUT2D eigenvalue weighted by molar-refractivity contribution is 9.10. The number of rotatable bonds is 5. The first-order chi connectivity index (χ1) is 17.1. The van der Waals surface area contributed by atoms with Crippen molar-refractivity contribution in [3.63, 3.8) is 0 Å². The zero-order valence-electron chi connectivity index (χ0n) is 19.5. The lowest BCUT2D eigenvalue weighted by molar-refractivity contribution is -0.217. The number of hydrogen-bond donors (Lipinski definition) is 0. The molecule has 192 valence electrons. The van der Waals surface area contributed by atoms with Crippen LogP contribution in [0, 0.1) is 5.41 Å². The summed E-state index contributed by atoms with van der Waals surface area (Å²) in [6.07, 6.45) is -4.89. The average Bonchev–Trinajstić information content (AvgIpc) is 3.17. The van der Waals surface area contributed by atoms with E-state index in [1.54, 1.807) is 24.3 Å². The molecule has 0 saturated carbocycles. The Kier molecular flexibility index (Phi) is 7.16. The van der Waals surface area contributed by atoms with Gasteiger partial charge < -0.3 is 9.47 Å². The molecule has 1 fully saturated rings. The molecule has 4 rings (SSSR count). The van der Waals surface area contributed by atoms with E-state index in [0.717, 1.165) is 0 Å². The predicted molar refractivity (Wildman–Crippen MR) is 125 cm³/mol. The van der Waals surface area contributed by atoms with Gasteiger partial charge in [0.1, 0.15) is 0 Å². The molecule has 2 aromatic rings. The Morgan fingerprint density at radius 1 is 1.03 bits per heavy atom. The molecular weight excluding hydrogens is 545 g/mol. The van der Waals surface area contributed by atoms with Crippen molar-refractivity contribution in [3.05, 3.63) is 69.7 Å². The molecule has 0 aliphatic carbocycles. The summed E-state index contributed by atoms with van der Waals surface area (Å²) in [5.41, 5.74) is -1.96. The zero-order chi connectivity index (χ0) is 26.3. The average molecular weight is 569 g/mol. The van der Waals surface area contributed by atoms with Gasteiger partial charge in [-0.1, -0.05) is 40.2 Å². The molecule has 2 aliphatic rings. The second kappa shape index (κ2) is 9.85. The molecule has 1 amide bonds. The number of halogens is 4. The van der Waals surface area contributed by atoms with Gasteiger partial charge in [-0.3, -0.25) is 19.4 Å². The van der Waals surface area contributed by atoms with Crippen LogP contribution in [0.1, 0.15) is 41.4 Å². The highest BCUT2D eigenvalue weighted by Gasteiger charge is 2.78. The Morgan fingerprint density at radius 3 is 2.19 bits per heavy atom. The van der Waals surface area contributed by atoms with Gasteiger partial charge in [0, 0.05) is 16.6 Å². The van der Waals surface area contributed by atoms with Crippen molar-refractivity contribution in [1.29, 1.82) is 0 Å². The van der Waals surface area contributed by atoms with Gasteiger partial charge in [-0.05, 0) is 55.7 Å². The van der Waals surface area contributed by atoms with Crippen molar-refractivity contribution in [3.8, 4) is 0 Å². The monoisotopic (exact) mass is 568 g/mol. The first-order valence-electron chi connectivity index (χ1n) is 11.4. The van der Waals surface area contributed by atoms with E-state index in [9.17, 15) is 14.4 Å². The summed E-state index contributed by atoms with van der Waals surface area (Å²) in [5, 5.41) is 1.69. The van der Waals surface area contributed by atoms with Gasteiger partial charge in [0.2, 0.25) is 5.41 Å². The van der Waals surface area contributed by atoms with Crippen LogP contribution >= 0.6 is 15.9 Å². The fourth-order valence-electron chi connectivity index (χ4n) is 5.15. The number of nitrogens with zero attached hydrogens (tertiary/aromatic N) is 2. The topological polar surface area (TPSA) is 76.2 Å². The van der Waals surface area contributed by atoms with Crippen molar-refractivity contribution in [2.75, 3.05) is 19.8 Å². The Balaban J connectivity index is 2.07. The minimum Gasteiger partial charge on any atom is -0.465 e. The van der Waals surface area contributed by atoms with Crippen LogP contribution in [0.5, 0.6) is 0 Å². The lowest BCUT2D eigenvalue weighted by atomic mass is 9.70. The fraction of sp³-hybridized carbons (Fsp3) is 0.400. The van der Waals surface area contributed by atoms with E-state index in [2.05, 4.69) is 15.9 Å². The molecule has 0 spiro atoms. The van der Waals surface area contributed by atoms with E-state index in [1.807, 2.05) is 0 Å². The number of alkyl halides is 3. The summed E-state index contributed by atoms with van der Waals surface area (Å²) >= 11 is 3.34. The maximum Gasteiger partial charge on any atom is 0.412 e. The van der Waals surface area contributed by atoms with E-state index in [1.165, 1.54) is 43.1 Å². The van der Waals surface area contributed by atoms with Crippen molar-refractivity contribution < 1.29 is 37.0 Å². The number of fused-ring (bicyclic) bond motifs is 3. The minimum absolute atomic E-state index is 0.0194. The second-order valence-corrected chi connectivity index (χ2v) is 9.34. The fourth-order valence-corrected chi connectivity index (χ4v) is 5.53. The van der Waals surface area contributed by atoms with Crippen LogP contribution in [-0.4, -0.2) is 59.8 Å². The van der Waals surface area contributed by atoms with E-state index >= 15 is 13.2 Å². The normalized spacial score (nSPS) is 20.9. The van der Waals surface area contributed by atoms with E-state index < -0.39 is 41.5 Å². The van der Waals surface area contributed by atoms with Gasteiger partial charge in [-0.15, -0.1) is 0 Å². The Hall–Kier alpha value is -2.92. The summed E-state index contributed by atoms with van der Waals surface area (Å²) in [5.74, 6) is -3.77. The van der Waals surface area contributed by atoms with Crippen LogP contribution in [-0.2, 0) is 25.5 Å². The molecule has 2 atom stereocenters. The van der Waals surface area contributed by atoms with E-state index in [-0.39, 0.29) is 25.3 Å². The third kappa shape index (κ3) is 4.07. The lowest BCUT2D eigenvalue weighted by Gasteiger charge is -2.39. The molecule has 2 heterocycles. The second-order valence-electron chi connectivity index (χ2n) is 8.43. The van der Waals surface area contributed by atoms with Gasteiger partial charge in [0.05, 0.1) is 19.3 Å². The third-order valence-electron chi connectivity index (χ3n) is 6.46. The van der Waals surface area contributed by atoms with Crippen molar-refractivity contribution in [2.45, 2.75) is 38.5 Å². The zero-order valence-corrected chi connectivity index (χ0v) is 21.1. The molecule has 7 nitrogen and oxygen atoms in total. The molecule has 2 aromatic carbocycles. The maximum absolute atomic E-state index is 15.0. The highest BCUT2D eigenvalue weighted by Crippen LogP contribution is 2.58. The van der Waals surface area contributed by atoms with Gasteiger partial charge in [0.25, 0.3) is 5.91 Å². The van der Waals surface area contributed by atoms with Crippen LogP contribution in [0.4, 0.5) is 13.2 Å². The van der Waals surface area contributed by atoms with Crippen LogP contribution in [0.15, 0.2) is 53.0 Å². The van der Waals surface area contributed by atoms with Crippen LogP contribution in [0.2, 0.25) is 0 Å². The van der Waals surface area contributed by atoms with E-state index in [4.69, 9.17) is 9.47 Å². The number of benzene rings is 2. The Morgan fingerprint density at radius 2 is 1.64 bits per heavy atom. The maximum atomic E-state index is 15.0. The molecule has 1 saturated heterocycles. The summed E-state index contributed by atoms with van der Waals surface area (Å²) in [4.78, 5) is 40.8. The molecular formula is C25H24BrF3N2O5. The first kappa shape index (κ1) is 26.2.